The van der Waals surface area contributed by atoms with Crippen LogP contribution in [0.1, 0.15) is 35.3 Å². The van der Waals surface area contributed by atoms with E-state index in [2.05, 4.69) is 47.0 Å². The third-order valence-corrected chi connectivity index (χ3v) is 4.79. The molecule has 0 aliphatic rings. The summed E-state index contributed by atoms with van der Waals surface area (Å²) in [7, 11) is 0. The average Bonchev–Trinajstić information content (AvgIpc) is 2.75. The van der Waals surface area contributed by atoms with Crippen LogP contribution in [0.4, 0.5) is 0 Å². The first-order valence-corrected chi connectivity index (χ1v) is 7.36. The molecule has 0 radical (unpaired) electrons. The third-order valence-electron chi connectivity index (χ3n) is 3.25. The fraction of sp³-hybridized carbons (Fsp3) is 0.357. The van der Waals surface area contributed by atoms with Crippen LogP contribution in [0.5, 0.6) is 0 Å². The van der Waals surface area contributed by atoms with Crippen LogP contribution in [0.3, 0.4) is 0 Å². The van der Waals surface area contributed by atoms with Crippen LogP contribution in [0.15, 0.2) is 22.8 Å². The Morgan fingerprint density at radius 1 is 1.37 bits per heavy atom. The van der Waals surface area contributed by atoms with E-state index in [1.54, 1.807) is 6.20 Å². The summed E-state index contributed by atoms with van der Waals surface area (Å²) in [5.41, 5.74) is 10.6. The molecular formula is C14H17BrClN3. The van der Waals surface area contributed by atoms with Crippen LogP contribution < -0.4 is 5.73 Å². The van der Waals surface area contributed by atoms with Crippen molar-refractivity contribution in [2.45, 2.75) is 33.4 Å². The zero-order valence-electron chi connectivity index (χ0n) is 11.2. The molecule has 5 heteroatoms. The maximum absolute atomic E-state index is 6.37. The molecule has 2 N–H and O–H groups in total. The molecule has 102 valence electrons. The molecule has 2 aromatic rings. The first-order valence-electron chi connectivity index (χ1n) is 6.19. The van der Waals surface area contributed by atoms with E-state index in [0.717, 1.165) is 22.3 Å². The van der Waals surface area contributed by atoms with Gasteiger partial charge in [-0.05, 0) is 37.5 Å². The summed E-state index contributed by atoms with van der Waals surface area (Å²) in [5, 5.41) is 4.86. The van der Waals surface area contributed by atoms with Crippen molar-refractivity contribution in [3.63, 3.8) is 0 Å². The molecule has 1 aromatic heterocycles. The summed E-state index contributed by atoms with van der Waals surface area (Å²) in [6.45, 7) is 6.90. The molecular weight excluding hydrogens is 326 g/mol. The van der Waals surface area contributed by atoms with Gasteiger partial charge in [0.1, 0.15) is 0 Å². The van der Waals surface area contributed by atoms with E-state index < -0.39 is 0 Å². The molecule has 0 bridgehead atoms. The van der Waals surface area contributed by atoms with Crippen molar-refractivity contribution in [3.8, 4) is 0 Å². The highest BCUT2D eigenvalue weighted by Crippen LogP contribution is 2.30. The lowest BCUT2D eigenvalue weighted by Crippen LogP contribution is -2.18. The van der Waals surface area contributed by atoms with Crippen molar-refractivity contribution in [2.24, 2.45) is 5.73 Å². The molecule has 1 heterocycles. The summed E-state index contributed by atoms with van der Waals surface area (Å²) in [4.78, 5) is 0. The normalized spacial score (nSPS) is 12.7. The van der Waals surface area contributed by atoms with Gasteiger partial charge in [0, 0.05) is 11.0 Å². The van der Waals surface area contributed by atoms with Crippen LogP contribution in [0, 0.1) is 13.8 Å². The lowest BCUT2D eigenvalue weighted by molar-refractivity contribution is 0.600. The smallest absolute Gasteiger partial charge is 0.0837 e. The van der Waals surface area contributed by atoms with Crippen molar-refractivity contribution in [3.05, 3.63) is 50.2 Å². The molecule has 1 aromatic carbocycles. The number of halogens is 2. The monoisotopic (exact) mass is 341 g/mol. The second-order valence-corrected chi connectivity index (χ2v) is 5.84. The maximum Gasteiger partial charge on any atom is 0.0837 e. The standard InChI is InChI=1S/C14H17BrClN3/c1-4-19-14(11(16)7-18-19)13(17)10-5-8(2)12(15)9(3)6-10/h5-7,13H,4,17H2,1-3H3. The van der Waals surface area contributed by atoms with E-state index >= 15 is 0 Å². The lowest BCUT2D eigenvalue weighted by Gasteiger charge is -2.17. The fourth-order valence-corrected chi connectivity index (χ4v) is 2.74. The second-order valence-electron chi connectivity index (χ2n) is 4.64. The summed E-state index contributed by atoms with van der Waals surface area (Å²) in [6, 6.07) is 3.91. The summed E-state index contributed by atoms with van der Waals surface area (Å²) < 4.78 is 2.97. The highest BCUT2D eigenvalue weighted by Gasteiger charge is 2.19. The minimum atomic E-state index is -0.263. The Hall–Kier alpha value is -0.840. The van der Waals surface area contributed by atoms with Gasteiger partial charge < -0.3 is 5.73 Å². The highest BCUT2D eigenvalue weighted by molar-refractivity contribution is 9.10. The van der Waals surface area contributed by atoms with Crippen LogP contribution in [0.25, 0.3) is 0 Å². The van der Waals surface area contributed by atoms with Crippen LogP contribution in [-0.2, 0) is 6.54 Å². The number of aryl methyl sites for hydroxylation is 3. The van der Waals surface area contributed by atoms with Crippen LogP contribution in [-0.4, -0.2) is 9.78 Å². The van der Waals surface area contributed by atoms with E-state index in [1.165, 1.54) is 11.1 Å². The van der Waals surface area contributed by atoms with Crippen molar-refractivity contribution in [2.75, 3.05) is 0 Å². The molecule has 2 rings (SSSR count). The number of rotatable bonds is 3. The topological polar surface area (TPSA) is 43.8 Å². The highest BCUT2D eigenvalue weighted by atomic mass is 79.9. The molecule has 3 nitrogen and oxygen atoms in total. The number of aromatic nitrogens is 2. The van der Waals surface area contributed by atoms with Crippen LogP contribution in [0.2, 0.25) is 5.02 Å². The summed E-state index contributed by atoms with van der Waals surface area (Å²) >= 11 is 9.78. The fourth-order valence-electron chi connectivity index (χ4n) is 2.25. The van der Waals surface area contributed by atoms with Crippen LogP contribution >= 0.6 is 27.5 Å². The SMILES string of the molecule is CCn1ncc(Cl)c1C(N)c1cc(C)c(Br)c(C)c1. The maximum atomic E-state index is 6.37. The lowest BCUT2D eigenvalue weighted by atomic mass is 9.99. The van der Waals surface area contributed by atoms with Gasteiger partial charge in [0.25, 0.3) is 0 Å². The number of nitrogens with zero attached hydrogens (tertiary/aromatic N) is 2. The van der Waals surface area contributed by atoms with E-state index in [1.807, 2.05) is 11.6 Å². The Balaban J connectivity index is 2.49. The summed E-state index contributed by atoms with van der Waals surface area (Å²) in [5.74, 6) is 0. The molecule has 0 fully saturated rings. The zero-order valence-corrected chi connectivity index (χ0v) is 13.6. The Morgan fingerprint density at radius 2 is 1.95 bits per heavy atom. The van der Waals surface area contributed by atoms with Gasteiger partial charge in [-0.2, -0.15) is 5.10 Å². The van der Waals surface area contributed by atoms with Gasteiger partial charge in [-0.1, -0.05) is 39.7 Å². The van der Waals surface area contributed by atoms with Gasteiger partial charge in [-0.15, -0.1) is 0 Å². The molecule has 0 spiro atoms. The van der Waals surface area contributed by atoms with E-state index in [0.29, 0.717) is 5.02 Å². The molecule has 1 atom stereocenters. The first-order chi connectivity index (χ1) is 8.95. The van der Waals surface area contributed by atoms with Gasteiger partial charge in [0.05, 0.1) is 23.0 Å². The predicted molar refractivity (Wildman–Crippen MR) is 82.6 cm³/mol. The first kappa shape index (κ1) is 14.6. The molecule has 1 unspecified atom stereocenters. The van der Waals surface area contributed by atoms with E-state index in [4.69, 9.17) is 17.3 Å². The number of benzene rings is 1. The van der Waals surface area contributed by atoms with E-state index in [-0.39, 0.29) is 6.04 Å². The molecule has 0 aliphatic carbocycles. The van der Waals surface area contributed by atoms with Crippen molar-refractivity contribution < 1.29 is 0 Å². The largest absolute Gasteiger partial charge is 0.319 e. The Labute approximate surface area is 126 Å². The number of hydrogen-bond donors (Lipinski definition) is 1. The molecule has 0 saturated carbocycles. The van der Waals surface area contributed by atoms with E-state index in [9.17, 15) is 0 Å². The Bertz CT molecular complexity index is 584. The summed E-state index contributed by atoms with van der Waals surface area (Å²) in [6.07, 6.45) is 1.65. The Morgan fingerprint density at radius 3 is 2.47 bits per heavy atom. The van der Waals surface area contributed by atoms with Gasteiger partial charge in [-0.25, -0.2) is 0 Å². The number of hydrogen-bond acceptors (Lipinski definition) is 2. The van der Waals surface area contributed by atoms with Crippen molar-refractivity contribution in [1.29, 1.82) is 0 Å². The second kappa shape index (κ2) is 5.65. The molecule has 19 heavy (non-hydrogen) atoms. The Kier molecular flexibility index (Phi) is 4.33. The van der Waals surface area contributed by atoms with Crippen molar-refractivity contribution >= 4 is 27.5 Å². The van der Waals surface area contributed by atoms with Gasteiger partial charge in [0.15, 0.2) is 0 Å². The molecule has 0 amide bonds. The molecule has 0 aliphatic heterocycles. The number of nitrogens with two attached hydrogens (primary N) is 1. The van der Waals surface area contributed by atoms with Crippen molar-refractivity contribution in [1.82, 2.24) is 9.78 Å². The average molecular weight is 343 g/mol. The van der Waals surface area contributed by atoms with Gasteiger partial charge in [0.2, 0.25) is 0 Å². The third kappa shape index (κ3) is 2.71. The minimum Gasteiger partial charge on any atom is -0.319 e. The zero-order chi connectivity index (χ0) is 14.2. The van der Waals surface area contributed by atoms with Gasteiger partial charge in [-0.3, -0.25) is 4.68 Å². The van der Waals surface area contributed by atoms with Gasteiger partial charge >= 0.3 is 0 Å². The molecule has 0 saturated heterocycles. The minimum absolute atomic E-state index is 0.263. The predicted octanol–water partition coefficient (Wildman–Crippen LogP) is 3.98. The quantitative estimate of drug-likeness (QED) is 0.916.